The first-order chi connectivity index (χ1) is 7.08. The summed E-state index contributed by atoms with van der Waals surface area (Å²) >= 11 is 0. The first kappa shape index (κ1) is 11.9. The summed E-state index contributed by atoms with van der Waals surface area (Å²) in [5, 5.41) is 0. The molecule has 7 heteroatoms. The molecular weight excluding hydrogens is 220 g/mol. The third-order valence-electron chi connectivity index (χ3n) is 1.67. The summed E-state index contributed by atoms with van der Waals surface area (Å²) in [7, 11) is -2.28. The Hall–Kier alpha value is -1.18. The Bertz CT molecular complexity index is 466. The van der Waals surface area contributed by atoms with Gasteiger partial charge in [-0.2, -0.15) is 0 Å². The Balaban J connectivity index is 2.88. The van der Waals surface area contributed by atoms with E-state index in [0.717, 1.165) is 0 Å². The lowest BCUT2D eigenvalue weighted by molar-refractivity contribution is 0.204. The zero-order chi connectivity index (χ0) is 11.3. The van der Waals surface area contributed by atoms with Gasteiger partial charge in [-0.05, 0) is 12.1 Å². The second kappa shape index (κ2) is 5.06. The number of nitrogens with one attached hydrogen (secondary N) is 2. The molecule has 6 nitrogen and oxygen atoms in total. The number of aromatic nitrogens is 1. The van der Waals surface area contributed by atoms with Crippen LogP contribution >= 0.6 is 0 Å². The van der Waals surface area contributed by atoms with Crippen LogP contribution < -0.4 is 10.3 Å². The molecular formula is C8H12N2O4S. The van der Waals surface area contributed by atoms with Crippen molar-refractivity contribution in [2.75, 3.05) is 20.3 Å². The van der Waals surface area contributed by atoms with Crippen LogP contribution in [0.15, 0.2) is 28.0 Å². The molecule has 2 N–H and O–H groups in total. The molecule has 0 amide bonds. The van der Waals surface area contributed by atoms with Crippen LogP contribution in [0.2, 0.25) is 0 Å². The Labute approximate surface area is 87.3 Å². The summed E-state index contributed by atoms with van der Waals surface area (Å²) in [4.78, 5) is 13.2. The Morgan fingerprint density at radius 3 is 2.87 bits per heavy atom. The lowest BCUT2D eigenvalue weighted by Crippen LogP contribution is -2.31. The Morgan fingerprint density at radius 1 is 1.53 bits per heavy atom. The maximum absolute atomic E-state index is 11.5. The second-order valence-corrected chi connectivity index (χ2v) is 4.49. The summed E-state index contributed by atoms with van der Waals surface area (Å²) in [5.74, 6) is 0. The average Bonchev–Trinajstić information content (AvgIpc) is 2.18. The zero-order valence-corrected chi connectivity index (χ0v) is 9.00. The predicted octanol–water partition coefficient (Wildman–Crippen LogP) is -0.700. The van der Waals surface area contributed by atoms with E-state index in [1.54, 1.807) is 0 Å². The molecule has 0 bridgehead atoms. The lowest BCUT2D eigenvalue weighted by atomic mass is 10.5. The van der Waals surface area contributed by atoms with Crippen LogP contribution in [-0.2, 0) is 14.8 Å². The van der Waals surface area contributed by atoms with Gasteiger partial charge in [0.15, 0.2) is 0 Å². The fourth-order valence-electron chi connectivity index (χ4n) is 0.974. The first-order valence-electron chi connectivity index (χ1n) is 4.24. The van der Waals surface area contributed by atoms with Crippen molar-refractivity contribution in [2.24, 2.45) is 0 Å². The number of hydrogen-bond acceptors (Lipinski definition) is 4. The van der Waals surface area contributed by atoms with Crippen LogP contribution in [0, 0.1) is 0 Å². The molecule has 84 valence electrons. The SMILES string of the molecule is COCCNS(=O)(=O)c1ccc[nH]c1=O. The van der Waals surface area contributed by atoms with Gasteiger partial charge in [0.2, 0.25) is 10.0 Å². The van der Waals surface area contributed by atoms with Crippen molar-refractivity contribution in [3.05, 3.63) is 28.7 Å². The molecule has 15 heavy (non-hydrogen) atoms. The number of rotatable bonds is 5. The summed E-state index contributed by atoms with van der Waals surface area (Å²) in [6.07, 6.45) is 1.37. The van der Waals surface area contributed by atoms with Gasteiger partial charge in [0.05, 0.1) is 6.61 Å². The highest BCUT2D eigenvalue weighted by molar-refractivity contribution is 7.89. The van der Waals surface area contributed by atoms with Crippen molar-refractivity contribution >= 4 is 10.0 Å². The Kier molecular flexibility index (Phi) is 4.01. The molecule has 1 rings (SSSR count). The van der Waals surface area contributed by atoms with Crippen molar-refractivity contribution in [2.45, 2.75) is 4.90 Å². The predicted molar refractivity (Wildman–Crippen MR) is 54.1 cm³/mol. The van der Waals surface area contributed by atoms with Gasteiger partial charge in [-0.1, -0.05) is 0 Å². The van der Waals surface area contributed by atoms with E-state index in [0.29, 0.717) is 0 Å². The maximum Gasteiger partial charge on any atom is 0.268 e. The van der Waals surface area contributed by atoms with E-state index in [2.05, 4.69) is 9.71 Å². The van der Waals surface area contributed by atoms with Gasteiger partial charge in [0, 0.05) is 19.9 Å². The van der Waals surface area contributed by atoms with Crippen molar-refractivity contribution in [3.63, 3.8) is 0 Å². The van der Waals surface area contributed by atoms with Crippen molar-refractivity contribution in [1.29, 1.82) is 0 Å². The number of pyridine rings is 1. The minimum absolute atomic E-state index is 0.132. The van der Waals surface area contributed by atoms with Gasteiger partial charge < -0.3 is 9.72 Å². The van der Waals surface area contributed by atoms with Gasteiger partial charge in [0.25, 0.3) is 5.56 Å². The highest BCUT2D eigenvalue weighted by Gasteiger charge is 2.16. The van der Waals surface area contributed by atoms with Crippen LogP contribution in [-0.4, -0.2) is 33.7 Å². The van der Waals surface area contributed by atoms with Gasteiger partial charge in [-0.15, -0.1) is 0 Å². The number of hydrogen-bond donors (Lipinski definition) is 2. The molecule has 0 fully saturated rings. The molecule has 1 aromatic heterocycles. The molecule has 0 atom stereocenters. The van der Waals surface area contributed by atoms with Gasteiger partial charge in [0.1, 0.15) is 4.90 Å². The smallest absolute Gasteiger partial charge is 0.268 e. The van der Waals surface area contributed by atoms with Crippen molar-refractivity contribution < 1.29 is 13.2 Å². The highest BCUT2D eigenvalue weighted by Crippen LogP contribution is 1.99. The number of methoxy groups -OCH3 is 1. The molecule has 0 aromatic carbocycles. The minimum Gasteiger partial charge on any atom is -0.383 e. The molecule has 0 aliphatic carbocycles. The van der Waals surface area contributed by atoms with Crippen LogP contribution in [0.5, 0.6) is 0 Å². The molecule has 0 spiro atoms. The normalized spacial score (nSPS) is 11.5. The third kappa shape index (κ3) is 3.15. The van der Waals surface area contributed by atoms with Crippen LogP contribution in [0.1, 0.15) is 0 Å². The second-order valence-electron chi connectivity index (χ2n) is 2.75. The molecule has 1 heterocycles. The maximum atomic E-state index is 11.5. The fourth-order valence-corrected chi connectivity index (χ4v) is 2.04. The molecule has 1 aromatic rings. The fraction of sp³-hybridized carbons (Fsp3) is 0.375. The average molecular weight is 232 g/mol. The molecule has 0 saturated carbocycles. The summed E-state index contributed by atoms with van der Waals surface area (Å²) in [6, 6.07) is 2.69. The number of aromatic amines is 1. The van der Waals surface area contributed by atoms with Crippen LogP contribution in [0.25, 0.3) is 0 Å². The van der Waals surface area contributed by atoms with E-state index < -0.39 is 15.6 Å². The van der Waals surface area contributed by atoms with Crippen molar-refractivity contribution in [3.8, 4) is 0 Å². The number of ether oxygens (including phenoxy) is 1. The molecule has 0 unspecified atom stereocenters. The van der Waals surface area contributed by atoms with E-state index in [-0.39, 0.29) is 18.0 Å². The van der Waals surface area contributed by atoms with E-state index in [9.17, 15) is 13.2 Å². The van der Waals surface area contributed by atoms with Gasteiger partial charge in [-0.25, -0.2) is 13.1 Å². The van der Waals surface area contributed by atoms with Crippen LogP contribution in [0.4, 0.5) is 0 Å². The van der Waals surface area contributed by atoms with Crippen LogP contribution in [0.3, 0.4) is 0 Å². The zero-order valence-electron chi connectivity index (χ0n) is 8.19. The summed E-state index contributed by atoms with van der Waals surface area (Å²) in [6.45, 7) is 0.386. The highest BCUT2D eigenvalue weighted by atomic mass is 32.2. The quantitative estimate of drug-likeness (QED) is 0.657. The number of H-pyrrole nitrogens is 1. The van der Waals surface area contributed by atoms with Gasteiger partial charge >= 0.3 is 0 Å². The summed E-state index contributed by atoms with van der Waals surface area (Å²) < 4.78 is 30.0. The van der Waals surface area contributed by atoms with E-state index in [1.165, 1.54) is 25.4 Å². The molecule has 0 saturated heterocycles. The topological polar surface area (TPSA) is 88.3 Å². The largest absolute Gasteiger partial charge is 0.383 e. The minimum atomic E-state index is -3.74. The molecule has 0 aliphatic heterocycles. The van der Waals surface area contributed by atoms with Gasteiger partial charge in [-0.3, -0.25) is 4.79 Å². The summed E-state index contributed by atoms with van der Waals surface area (Å²) in [5.41, 5.74) is -0.637. The Morgan fingerprint density at radius 2 is 2.27 bits per heavy atom. The lowest BCUT2D eigenvalue weighted by Gasteiger charge is -2.04. The monoisotopic (exact) mass is 232 g/mol. The van der Waals surface area contributed by atoms with E-state index >= 15 is 0 Å². The first-order valence-corrected chi connectivity index (χ1v) is 5.72. The van der Waals surface area contributed by atoms with Crippen molar-refractivity contribution in [1.82, 2.24) is 9.71 Å². The molecule has 0 radical (unpaired) electrons. The third-order valence-corrected chi connectivity index (χ3v) is 3.15. The standard InChI is InChI=1S/C8H12N2O4S/c1-14-6-5-10-15(12,13)7-3-2-4-9-8(7)11/h2-4,10H,5-6H2,1H3,(H,9,11). The van der Waals surface area contributed by atoms with E-state index in [1.807, 2.05) is 0 Å². The molecule has 0 aliphatic rings. The number of sulfonamides is 1. The van der Waals surface area contributed by atoms with E-state index in [4.69, 9.17) is 4.74 Å².